The lowest BCUT2D eigenvalue weighted by Crippen LogP contribution is -2.23. The molecule has 1 N–H and O–H groups in total. The predicted octanol–water partition coefficient (Wildman–Crippen LogP) is 2.99. The summed E-state index contributed by atoms with van der Waals surface area (Å²) in [5, 5.41) is 2.71. The molecule has 0 bridgehead atoms. The molecule has 84 valence electrons. The molecule has 0 spiro atoms. The molecule has 0 radical (unpaired) electrons. The van der Waals surface area contributed by atoms with Crippen molar-refractivity contribution < 1.29 is 9.18 Å². The van der Waals surface area contributed by atoms with Gasteiger partial charge in [-0.05, 0) is 30.7 Å². The van der Waals surface area contributed by atoms with Crippen molar-refractivity contribution in [2.24, 2.45) is 0 Å². The van der Waals surface area contributed by atoms with Crippen LogP contribution >= 0.6 is 0 Å². The summed E-state index contributed by atoms with van der Waals surface area (Å²) in [5.41, 5.74) is 0.495. The Morgan fingerprint density at radius 1 is 1.27 bits per heavy atom. The van der Waals surface area contributed by atoms with Gasteiger partial charge >= 0.3 is 0 Å². The van der Waals surface area contributed by atoms with Crippen molar-refractivity contribution in [1.29, 1.82) is 0 Å². The molecule has 1 amide bonds. The standard InChI is InChI=1S/C10H12FNO.C2H6/c1-2-7-12-10(13)8-3-5-9(11)6-4-8;1-2/h3-6H,2,7H2,1H3,(H,12,13);1-2H3. The molecule has 1 aromatic rings. The van der Waals surface area contributed by atoms with Gasteiger partial charge in [0, 0.05) is 12.1 Å². The molecule has 0 saturated heterocycles. The third-order valence-electron chi connectivity index (χ3n) is 1.64. The predicted molar refractivity (Wildman–Crippen MR) is 60.4 cm³/mol. The van der Waals surface area contributed by atoms with Crippen LogP contribution in [0, 0.1) is 5.82 Å². The molecule has 1 rings (SSSR count). The lowest BCUT2D eigenvalue weighted by Gasteiger charge is -2.02. The van der Waals surface area contributed by atoms with Crippen LogP contribution in [0.1, 0.15) is 37.6 Å². The van der Waals surface area contributed by atoms with E-state index in [0.717, 1.165) is 6.42 Å². The summed E-state index contributed by atoms with van der Waals surface area (Å²) >= 11 is 0. The van der Waals surface area contributed by atoms with Crippen LogP contribution in [0.4, 0.5) is 4.39 Å². The van der Waals surface area contributed by atoms with E-state index in [0.29, 0.717) is 12.1 Å². The molecule has 0 fully saturated rings. The summed E-state index contributed by atoms with van der Waals surface area (Å²) in [7, 11) is 0. The SMILES string of the molecule is CC.CCCNC(=O)c1ccc(F)cc1. The van der Waals surface area contributed by atoms with Crippen LogP contribution in [-0.4, -0.2) is 12.5 Å². The average Bonchev–Trinajstić information content (AvgIpc) is 2.29. The van der Waals surface area contributed by atoms with Crippen molar-refractivity contribution in [1.82, 2.24) is 5.32 Å². The second-order valence-electron chi connectivity index (χ2n) is 2.76. The van der Waals surface area contributed by atoms with Crippen molar-refractivity contribution in [3.63, 3.8) is 0 Å². The zero-order valence-electron chi connectivity index (χ0n) is 9.51. The topological polar surface area (TPSA) is 29.1 Å². The molecule has 0 aliphatic carbocycles. The van der Waals surface area contributed by atoms with Crippen LogP contribution in [-0.2, 0) is 0 Å². The van der Waals surface area contributed by atoms with Crippen molar-refractivity contribution >= 4 is 5.91 Å². The highest BCUT2D eigenvalue weighted by molar-refractivity contribution is 5.94. The van der Waals surface area contributed by atoms with E-state index in [-0.39, 0.29) is 11.7 Å². The highest BCUT2D eigenvalue weighted by Gasteiger charge is 2.02. The molecular formula is C12H18FNO. The lowest BCUT2D eigenvalue weighted by molar-refractivity contribution is 0.0953. The third-order valence-corrected chi connectivity index (χ3v) is 1.64. The van der Waals surface area contributed by atoms with Gasteiger partial charge in [-0.25, -0.2) is 4.39 Å². The van der Waals surface area contributed by atoms with E-state index in [2.05, 4.69) is 5.32 Å². The van der Waals surface area contributed by atoms with Crippen molar-refractivity contribution in [2.45, 2.75) is 27.2 Å². The fourth-order valence-corrected chi connectivity index (χ4v) is 0.942. The summed E-state index contributed by atoms with van der Waals surface area (Å²) in [5.74, 6) is -0.478. The summed E-state index contributed by atoms with van der Waals surface area (Å²) in [6, 6.07) is 5.50. The Balaban J connectivity index is 0.000000921. The number of nitrogens with one attached hydrogen (secondary N) is 1. The largest absolute Gasteiger partial charge is 0.352 e. The quantitative estimate of drug-likeness (QED) is 0.818. The Morgan fingerprint density at radius 3 is 2.27 bits per heavy atom. The summed E-state index contributed by atoms with van der Waals surface area (Å²) in [4.78, 5) is 11.3. The fourth-order valence-electron chi connectivity index (χ4n) is 0.942. The van der Waals surface area contributed by atoms with Gasteiger partial charge in [0.15, 0.2) is 0 Å². The van der Waals surface area contributed by atoms with Gasteiger partial charge in [-0.2, -0.15) is 0 Å². The molecule has 0 aliphatic heterocycles. The van der Waals surface area contributed by atoms with Gasteiger partial charge in [0.1, 0.15) is 5.82 Å². The van der Waals surface area contributed by atoms with Crippen LogP contribution < -0.4 is 5.32 Å². The van der Waals surface area contributed by atoms with Gasteiger partial charge < -0.3 is 5.32 Å². The highest BCUT2D eigenvalue weighted by atomic mass is 19.1. The van der Waals surface area contributed by atoms with Gasteiger partial charge in [-0.3, -0.25) is 4.79 Å². The van der Waals surface area contributed by atoms with Gasteiger partial charge in [-0.15, -0.1) is 0 Å². The van der Waals surface area contributed by atoms with Crippen LogP contribution in [0.3, 0.4) is 0 Å². The minimum Gasteiger partial charge on any atom is -0.352 e. The average molecular weight is 211 g/mol. The third kappa shape index (κ3) is 5.15. The number of hydrogen-bond donors (Lipinski definition) is 1. The van der Waals surface area contributed by atoms with Crippen molar-refractivity contribution in [3.05, 3.63) is 35.6 Å². The Hall–Kier alpha value is -1.38. The minimum absolute atomic E-state index is 0.151. The van der Waals surface area contributed by atoms with Gasteiger partial charge in [-0.1, -0.05) is 20.8 Å². The van der Waals surface area contributed by atoms with Crippen molar-refractivity contribution in [2.75, 3.05) is 6.54 Å². The zero-order chi connectivity index (χ0) is 11.7. The monoisotopic (exact) mass is 211 g/mol. The normalized spacial score (nSPS) is 8.80. The Kier molecular flexibility index (Phi) is 7.24. The molecule has 0 heterocycles. The lowest BCUT2D eigenvalue weighted by atomic mass is 10.2. The number of benzene rings is 1. The number of hydrogen-bond acceptors (Lipinski definition) is 1. The van der Waals surface area contributed by atoms with E-state index in [1.54, 1.807) is 0 Å². The highest BCUT2D eigenvalue weighted by Crippen LogP contribution is 2.01. The number of halogens is 1. The van der Waals surface area contributed by atoms with E-state index in [9.17, 15) is 9.18 Å². The van der Waals surface area contributed by atoms with Crippen LogP contribution in [0.5, 0.6) is 0 Å². The first-order chi connectivity index (χ1) is 7.24. The van der Waals surface area contributed by atoms with Gasteiger partial charge in [0.05, 0.1) is 0 Å². The van der Waals surface area contributed by atoms with E-state index >= 15 is 0 Å². The Bertz CT molecular complexity index is 282. The van der Waals surface area contributed by atoms with Crippen LogP contribution in [0.15, 0.2) is 24.3 Å². The maximum absolute atomic E-state index is 12.5. The summed E-state index contributed by atoms with van der Waals surface area (Å²) in [6.45, 7) is 6.63. The second-order valence-corrected chi connectivity index (χ2v) is 2.76. The van der Waals surface area contributed by atoms with Crippen molar-refractivity contribution in [3.8, 4) is 0 Å². The zero-order valence-corrected chi connectivity index (χ0v) is 9.51. The molecule has 2 nitrogen and oxygen atoms in total. The van der Waals surface area contributed by atoms with Crippen LogP contribution in [0.2, 0.25) is 0 Å². The van der Waals surface area contributed by atoms with Crippen LogP contribution in [0.25, 0.3) is 0 Å². The Labute approximate surface area is 90.5 Å². The molecule has 0 unspecified atom stereocenters. The maximum atomic E-state index is 12.5. The smallest absolute Gasteiger partial charge is 0.251 e. The van der Waals surface area contributed by atoms with E-state index in [4.69, 9.17) is 0 Å². The summed E-state index contributed by atoms with van der Waals surface area (Å²) < 4.78 is 12.5. The summed E-state index contributed by atoms with van der Waals surface area (Å²) in [6.07, 6.45) is 0.896. The molecule has 0 atom stereocenters. The van der Waals surface area contributed by atoms with Gasteiger partial charge in [0.25, 0.3) is 5.91 Å². The molecule has 0 aliphatic rings. The molecule has 1 aromatic carbocycles. The number of amides is 1. The first-order valence-electron chi connectivity index (χ1n) is 5.28. The second kappa shape index (κ2) is 7.97. The number of carbonyl (C=O) groups excluding carboxylic acids is 1. The first-order valence-corrected chi connectivity index (χ1v) is 5.28. The minimum atomic E-state index is -0.327. The maximum Gasteiger partial charge on any atom is 0.251 e. The van der Waals surface area contributed by atoms with E-state index < -0.39 is 0 Å². The molecule has 0 saturated carbocycles. The fraction of sp³-hybridized carbons (Fsp3) is 0.417. The molecule has 3 heteroatoms. The Morgan fingerprint density at radius 2 is 1.80 bits per heavy atom. The number of rotatable bonds is 3. The molecular weight excluding hydrogens is 193 g/mol. The molecule has 0 aromatic heterocycles. The number of carbonyl (C=O) groups is 1. The van der Waals surface area contributed by atoms with E-state index in [1.807, 2.05) is 20.8 Å². The molecule has 15 heavy (non-hydrogen) atoms. The van der Waals surface area contributed by atoms with E-state index in [1.165, 1.54) is 24.3 Å². The van der Waals surface area contributed by atoms with Gasteiger partial charge in [0.2, 0.25) is 0 Å². The first kappa shape index (κ1) is 13.6.